The first-order valence-corrected chi connectivity index (χ1v) is 6.45. The number of nitrogens with one attached hydrogen (secondary N) is 1. The molecule has 0 atom stereocenters. The van der Waals surface area contributed by atoms with Gasteiger partial charge in [0.1, 0.15) is 5.82 Å². The van der Waals surface area contributed by atoms with E-state index in [9.17, 15) is 0 Å². The van der Waals surface area contributed by atoms with E-state index in [0.717, 1.165) is 29.4 Å². The number of furan rings is 1. The summed E-state index contributed by atoms with van der Waals surface area (Å²) in [5.74, 6) is 2.97. The molecule has 3 rings (SSSR count). The Balaban J connectivity index is 2.04. The van der Waals surface area contributed by atoms with Crippen molar-refractivity contribution in [1.82, 2.24) is 9.97 Å². The molecule has 94 valence electrons. The molecular formula is C14H17N3O. The number of rotatable bonds is 4. The van der Waals surface area contributed by atoms with Crippen LogP contribution in [0.4, 0.5) is 5.82 Å². The molecule has 1 aliphatic rings. The molecule has 1 fully saturated rings. The van der Waals surface area contributed by atoms with E-state index in [-0.39, 0.29) is 0 Å². The first kappa shape index (κ1) is 11.3. The van der Waals surface area contributed by atoms with Crippen molar-refractivity contribution in [3.63, 3.8) is 0 Å². The van der Waals surface area contributed by atoms with Crippen LogP contribution in [0.1, 0.15) is 36.9 Å². The predicted octanol–water partition coefficient (Wildman–Crippen LogP) is 3.35. The van der Waals surface area contributed by atoms with Gasteiger partial charge < -0.3 is 9.73 Å². The molecule has 0 spiro atoms. The van der Waals surface area contributed by atoms with Crippen LogP contribution in [0.2, 0.25) is 0 Å². The second-order valence-corrected chi connectivity index (χ2v) is 4.74. The van der Waals surface area contributed by atoms with Crippen LogP contribution in [0.25, 0.3) is 11.6 Å². The Morgan fingerprint density at radius 1 is 1.39 bits per heavy atom. The smallest absolute Gasteiger partial charge is 0.198 e. The van der Waals surface area contributed by atoms with Crippen LogP contribution in [0, 0.1) is 6.92 Å². The largest absolute Gasteiger partial charge is 0.461 e. The van der Waals surface area contributed by atoms with Gasteiger partial charge in [0, 0.05) is 24.2 Å². The van der Waals surface area contributed by atoms with Gasteiger partial charge in [0.2, 0.25) is 0 Å². The maximum absolute atomic E-state index is 5.49. The third kappa shape index (κ3) is 2.10. The SMILES string of the molecule is CCNc1cc(C2CC2)nc(-c2occc2C)n1. The highest BCUT2D eigenvalue weighted by Gasteiger charge is 2.26. The van der Waals surface area contributed by atoms with Crippen LogP contribution < -0.4 is 5.32 Å². The Kier molecular flexibility index (Phi) is 2.78. The molecule has 4 heteroatoms. The molecule has 0 saturated heterocycles. The lowest BCUT2D eigenvalue weighted by Gasteiger charge is -2.07. The maximum atomic E-state index is 5.49. The Hall–Kier alpha value is -1.84. The van der Waals surface area contributed by atoms with Crippen LogP contribution in [-0.4, -0.2) is 16.5 Å². The van der Waals surface area contributed by atoms with Crippen LogP contribution in [0.15, 0.2) is 22.8 Å². The molecule has 0 aliphatic heterocycles. The van der Waals surface area contributed by atoms with Crippen molar-refractivity contribution in [2.24, 2.45) is 0 Å². The lowest BCUT2D eigenvalue weighted by Crippen LogP contribution is -2.03. The van der Waals surface area contributed by atoms with E-state index in [2.05, 4.69) is 28.3 Å². The topological polar surface area (TPSA) is 51.0 Å². The molecule has 2 aromatic heterocycles. The fraction of sp³-hybridized carbons (Fsp3) is 0.429. The summed E-state index contributed by atoms with van der Waals surface area (Å²) in [5, 5.41) is 3.26. The molecule has 1 N–H and O–H groups in total. The standard InChI is InChI=1S/C14H17N3O/c1-3-15-12-8-11(10-4-5-10)16-14(17-12)13-9(2)6-7-18-13/h6-8,10H,3-5H2,1-2H3,(H,15,16,17). The van der Waals surface area contributed by atoms with Crippen molar-refractivity contribution in [1.29, 1.82) is 0 Å². The normalized spacial score (nSPS) is 14.8. The molecule has 2 aromatic rings. The van der Waals surface area contributed by atoms with E-state index in [0.29, 0.717) is 11.7 Å². The summed E-state index contributed by atoms with van der Waals surface area (Å²) in [6.45, 7) is 4.94. The van der Waals surface area contributed by atoms with Gasteiger partial charge in [-0.25, -0.2) is 9.97 Å². The Labute approximate surface area is 106 Å². The van der Waals surface area contributed by atoms with Gasteiger partial charge in [0.25, 0.3) is 0 Å². The zero-order valence-electron chi connectivity index (χ0n) is 10.7. The molecular weight excluding hydrogens is 226 g/mol. The second-order valence-electron chi connectivity index (χ2n) is 4.74. The first-order valence-electron chi connectivity index (χ1n) is 6.45. The molecule has 4 nitrogen and oxygen atoms in total. The van der Waals surface area contributed by atoms with Crippen molar-refractivity contribution in [2.45, 2.75) is 32.6 Å². The van der Waals surface area contributed by atoms with Crippen LogP contribution in [0.5, 0.6) is 0 Å². The number of hydrogen-bond acceptors (Lipinski definition) is 4. The monoisotopic (exact) mass is 243 g/mol. The van der Waals surface area contributed by atoms with Crippen molar-refractivity contribution < 1.29 is 4.42 Å². The summed E-state index contributed by atoms with van der Waals surface area (Å²) in [7, 11) is 0. The summed E-state index contributed by atoms with van der Waals surface area (Å²) < 4.78 is 5.49. The van der Waals surface area contributed by atoms with E-state index >= 15 is 0 Å². The molecule has 0 amide bonds. The van der Waals surface area contributed by atoms with Crippen molar-refractivity contribution in [3.05, 3.63) is 29.7 Å². The molecule has 2 heterocycles. The van der Waals surface area contributed by atoms with Crippen molar-refractivity contribution in [3.8, 4) is 11.6 Å². The van der Waals surface area contributed by atoms with E-state index in [1.54, 1.807) is 6.26 Å². The number of anilines is 1. The molecule has 1 saturated carbocycles. The number of nitrogens with zero attached hydrogens (tertiary/aromatic N) is 2. The average molecular weight is 243 g/mol. The van der Waals surface area contributed by atoms with Gasteiger partial charge in [0.15, 0.2) is 11.6 Å². The summed E-state index contributed by atoms with van der Waals surface area (Å²) in [5.41, 5.74) is 2.21. The highest BCUT2D eigenvalue weighted by molar-refractivity contribution is 5.55. The molecule has 18 heavy (non-hydrogen) atoms. The van der Waals surface area contributed by atoms with E-state index in [4.69, 9.17) is 4.42 Å². The third-order valence-electron chi connectivity index (χ3n) is 3.16. The minimum Gasteiger partial charge on any atom is -0.461 e. The summed E-state index contributed by atoms with van der Waals surface area (Å²) in [6.07, 6.45) is 4.16. The van der Waals surface area contributed by atoms with Gasteiger partial charge in [-0.05, 0) is 38.3 Å². The molecule has 1 aliphatic carbocycles. The maximum Gasteiger partial charge on any atom is 0.198 e. The third-order valence-corrected chi connectivity index (χ3v) is 3.16. The Morgan fingerprint density at radius 3 is 2.83 bits per heavy atom. The highest BCUT2D eigenvalue weighted by atomic mass is 16.3. The summed E-state index contributed by atoms with van der Waals surface area (Å²) in [4.78, 5) is 9.16. The molecule has 0 radical (unpaired) electrons. The fourth-order valence-corrected chi connectivity index (χ4v) is 2.03. The zero-order valence-corrected chi connectivity index (χ0v) is 10.7. The second kappa shape index (κ2) is 4.44. The Morgan fingerprint density at radius 2 is 2.22 bits per heavy atom. The predicted molar refractivity (Wildman–Crippen MR) is 70.6 cm³/mol. The number of aromatic nitrogens is 2. The summed E-state index contributed by atoms with van der Waals surface area (Å²) in [6, 6.07) is 4.00. The lowest BCUT2D eigenvalue weighted by atomic mass is 10.2. The highest BCUT2D eigenvalue weighted by Crippen LogP contribution is 2.40. The van der Waals surface area contributed by atoms with Gasteiger partial charge in [-0.1, -0.05) is 0 Å². The van der Waals surface area contributed by atoms with Crippen LogP contribution in [0.3, 0.4) is 0 Å². The average Bonchev–Trinajstić information content (AvgIpc) is 3.12. The fourth-order valence-electron chi connectivity index (χ4n) is 2.03. The minimum absolute atomic E-state index is 0.611. The number of aryl methyl sites for hydroxylation is 1. The van der Waals surface area contributed by atoms with Gasteiger partial charge in [-0.3, -0.25) is 0 Å². The minimum atomic E-state index is 0.611. The van der Waals surface area contributed by atoms with Gasteiger partial charge >= 0.3 is 0 Å². The van der Waals surface area contributed by atoms with Gasteiger partial charge in [-0.2, -0.15) is 0 Å². The van der Waals surface area contributed by atoms with Gasteiger partial charge in [-0.15, -0.1) is 0 Å². The van der Waals surface area contributed by atoms with E-state index in [1.807, 2.05) is 13.0 Å². The molecule has 0 aromatic carbocycles. The van der Waals surface area contributed by atoms with Crippen LogP contribution in [-0.2, 0) is 0 Å². The molecule has 0 unspecified atom stereocenters. The van der Waals surface area contributed by atoms with Crippen molar-refractivity contribution in [2.75, 3.05) is 11.9 Å². The lowest BCUT2D eigenvalue weighted by molar-refractivity contribution is 0.575. The summed E-state index contributed by atoms with van der Waals surface area (Å²) >= 11 is 0. The number of hydrogen-bond donors (Lipinski definition) is 1. The molecule has 0 bridgehead atoms. The van der Waals surface area contributed by atoms with Crippen LogP contribution >= 0.6 is 0 Å². The van der Waals surface area contributed by atoms with Gasteiger partial charge in [0.05, 0.1) is 6.26 Å². The first-order chi connectivity index (χ1) is 8.78. The van der Waals surface area contributed by atoms with E-state index < -0.39 is 0 Å². The quantitative estimate of drug-likeness (QED) is 0.894. The van der Waals surface area contributed by atoms with Crippen molar-refractivity contribution >= 4 is 5.82 Å². The Bertz CT molecular complexity index is 558. The zero-order chi connectivity index (χ0) is 12.5. The van der Waals surface area contributed by atoms with E-state index in [1.165, 1.54) is 12.8 Å².